The SMILES string of the molecule is CCOc1ccc(OCCN2CCC(NCC3CC3)CC2)cc1. The van der Waals surface area contributed by atoms with Gasteiger partial charge >= 0.3 is 0 Å². The summed E-state index contributed by atoms with van der Waals surface area (Å²) in [7, 11) is 0. The molecule has 1 aliphatic carbocycles. The van der Waals surface area contributed by atoms with Gasteiger partial charge < -0.3 is 14.8 Å². The summed E-state index contributed by atoms with van der Waals surface area (Å²) in [5.41, 5.74) is 0. The number of likely N-dealkylation sites (tertiary alicyclic amines) is 1. The lowest BCUT2D eigenvalue weighted by Gasteiger charge is -2.32. The van der Waals surface area contributed by atoms with Crippen LogP contribution in [0, 0.1) is 5.92 Å². The average molecular weight is 318 g/mol. The van der Waals surface area contributed by atoms with Crippen LogP contribution in [0.1, 0.15) is 32.6 Å². The van der Waals surface area contributed by atoms with Crippen molar-refractivity contribution in [1.29, 1.82) is 0 Å². The third-order valence-corrected chi connectivity index (χ3v) is 4.79. The third kappa shape index (κ3) is 5.70. The quantitative estimate of drug-likeness (QED) is 0.759. The molecule has 3 rings (SSSR count). The van der Waals surface area contributed by atoms with Crippen LogP contribution in [0.5, 0.6) is 11.5 Å². The molecule has 0 radical (unpaired) electrons. The molecule has 1 aromatic rings. The lowest BCUT2D eigenvalue weighted by atomic mass is 10.0. The number of hydrogen-bond donors (Lipinski definition) is 1. The lowest BCUT2D eigenvalue weighted by molar-refractivity contribution is 0.164. The van der Waals surface area contributed by atoms with Gasteiger partial charge in [-0.3, -0.25) is 4.90 Å². The van der Waals surface area contributed by atoms with Gasteiger partial charge in [0.2, 0.25) is 0 Å². The highest BCUT2D eigenvalue weighted by Gasteiger charge is 2.24. The van der Waals surface area contributed by atoms with Crippen LogP contribution in [0.3, 0.4) is 0 Å². The Labute approximate surface area is 140 Å². The van der Waals surface area contributed by atoms with Crippen LogP contribution in [-0.4, -0.2) is 50.3 Å². The number of piperidine rings is 1. The second-order valence-electron chi connectivity index (χ2n) is 6.72. The predicted octanol–water partition coefficient (Wildman–Crippen LogP) is 2.93. The molecule has 1 saturated heterocycles. The van der Waals surface area contributed by atoms with E-state index in [-0.39, 0.29) is 0 Å². The fraction of sp³-hybridized carbons (Fsp3) is 0.684. The molecule has 4 nitrogen and oxygen atoms in total. The highest BCUT2D eigenvalue weighted by atomic mass is 16.5. The first-order valence-electron chi connectivity index (χ1n) is 9.15. The van der Waals surface area contributed by atoms with Gasteiger partial charge in [0, 0.05) is 12.6 Å². The highest BCUT2D eigenvalue weighted by Crippen LogP contribution is 2.28. The molecule has 1 saturated carbocycles. The van der Waals surface area contributed by atoms with Crippen LogP contribution in [-0.2, 0) is 0 Å². The molecule has 2 aliphatic rings. The molecule has 1 N–H and O–H groups in total. The normalized spacial score (nSPS) is 19.7. The van der Waals surface area contributed by atoms with E-state index in [0.717, 1.165) is 36.6 Å². The minimum Gasteiger partial charge on any atom is -0.494 e. The fourth-order valence-electron chi connectivity index (χ4n) is 3.11. The number of ether oxygens (including phenoxy) is 2. The van der Waals surface area contributed by atoms with E-state index in [1.54, 1.807) is 0 Å². The van der Waals surface area contributed by atoms with Gasteiger partial charge in [-0.2, -0.15) is 0 Å². The first kappa shape index (κ1) is 16.6. The van der Waals surface area contributed by atoms with Crippen molar-refractivity contribution in [2.45, 2.75) is 38.6 Å². The summed E-state index contributed by atoms with van der Waals surface area (Å²) in [6.45, 7) is 8.09. The first-order chi connectivity index (χ1) is 11.3. The maximum atomic E-state index is 5.84. The van der Waals surface area contributed by atoms with Crippen molar-refractivity contribution in [3.8, 4) is 11.5 Å². The summed E-state index contributed by atoms with van der Waals surface area (Å²) >= 11 is 0. The maximum absolute atomic E-state index is 5.84. The molecule has 0 unspecified atom stereocenters. The molecule has 0 amide bonds. The van der Waals surface area contributed by atoms with Gasteiger partial charge in [-0.1, -0.05) is 0 Å². The number of hydrogen-bond acceptors (Lipinski definition) is 4. The second kappa shape index (κ2) is 8.55. The van der Waals surface area contributed by atoms with Crippen molar-refractivity contribution >= 4 is 0 Å². The molecule has 0 bridgehead atoms. The summed E-state index contributed by atoms with van der Waals surface area (Å²) in [6, 6.07) is 8.64. The number of nitrogens with one attached hydrogen (secondary N) is 1. The van der Waals surface area contributed by atoms with E-state index < -0.39 is 0 Å². The number of nitrogens with zero attached hydrogens (tertiary/aromatic N) is 1. The summed E-state index contributed by atoms with van der Waals surface area (Å²) in [4.78, 5) is 2.52. The highest BCUT2D eigenvalue weighted by molar-refractivity contribution is 5.31. The molecular formula is C19H30N2O2. The molecule has 0 spiro atoms. The molecule has 1 aliphatic heterocycles. The molecular weight excluding hydrogens is 288 g/mol. The molecule has 23 heavy (non-hydrogen) atoms. The minimum absolute atomic E-state index is 0.700. The fourth-order valence-corrected chi connectivity index (χ4v) is 3.11. The summed E-state index contributed by atoms with van der Waals surface area (Å²) < 4.78 is 11.3. The summed E-state index contributed by atoms with van der Waals surface area (Å²) in [5.74, 6) is 2.81. The zero-order chi connectivity index (χ0) is 15.9. The Morgan fingerprint density at radius 2 is 1.65 bits per heavy atom. The van der Waals surface area contributed by atoms with E-state index in [0.29, 0.717) is 6.61 Å². The van der Waals surface area contributed by atoms with Crippen molar-refractivity contribution < 1.29 is 9.47 Å². The van der Waals surface area contributed by atoms with E-state index >= 15 is 0 Å². The van der Waals surface area contributed by atoms with Crippen LogP contribution >= 0.6 is 0 Å². The van der Waals surface area contributed by atoms with Gasteiger partial charge in [0.05, 0.1) is 6.61 Å². The van der Waals surface area contributed by atoms with Crippen molar-refractivity contribution in [3.63, 3.8) is 0 Å². The van der Waals surface area contributed by atoms with E-state index in [2.05, 4.69) is 10.2 Å². The van der Waals surface area contributed by atoms with Crippen LogP contribution in [0.2, 0.25) is 0 Å². The van der Waals surface area contributed by atoms with E-state index in [9.17, 15) is 0 Å². The Balaban J connectivity index is 1.28. The largest absolute Gasteiger partial charge is 0.494 e. The Hall–Kier alpha value is -1.26. The van der Waals surface area contributed by atoms with Gasteiger partial charge in [0.15, 0.2) is 0 Å². The summed E-state index contributed by atoms with van der Waals surface area (Å²) in [6.07, 6.45) is 5.43. The Morgan fingerprint density at radius 1 is 1.00 bits per heavy atom. The number of benzene rings is 1. The molecule has 4 heteroatoms. The Morgan fingerprint density at radius 3 is 2.26 bits per heavy atom. The molecule has 0 aromatic heterocycles. The van der Waals surface area contributed by atoms with Crippen molar-refractivity contribution in [1.82, 2.24) is 10.2 Å². The molecule has 0 atom stereocenters. The van der Waals surface area contributed by atoms with Gasteiger partial charge in [0.1, 0.15) is 18.1 Å². The van der Waals surface area contributed by atoms with E-state index in [1.807, 2.05) is 31.2 Å². The second-order valence-corrected chi connectivity index (χ2v) is 6.72. The van der Waals surface area contributed by atoms with Gasteiger partial charge in [-0.25, -0.2) is 0 Å². The first-order valence-corrected chi connectivity index (χ1v) is 9.15. The van der Waals surface area contributed by atoms with Crippen LogP contribution in [0.25, 0.3) is 0 Å². The average Bonchev–Trinajstić information content (AvgIpc) is 3.40. The standard InChI is InChI=1S/C19H30N2O2/c1-2-22-18-5-7-19(8-6-18)23-14-13-21-11-9-17(10-12-21)20-15-16-3-4-16/h5-8,16-17,20H,2-4,9-15H2,1H3. The van der Waals surface area contributed by atoms with Gasteiger partial charge in [-0.15, -0.1) is 0 Å². The van der Waals surface area contributed by atoms with Gasteiger partial charge in [-0.05, 0) is 82.4 Å². The molecule has 1 aromatic carbocycles. The van der Waals surface area contributed by atoms with Crippen LogP contribution in [0.15, 0.2) is 24.3 Å². The van der Waals surface area contributed by atoms with E-state index in [4.69, 9.17) is 9.47 Å². The van der Waals surface area contributed by atoms with Crippen LogP contribution < -0.4 is 14.8 Å². The minimum atomic E-state index is 0.700. The summed E-state index contributed by atoms with van der Waals surface area (Å²) in [5, 5.41) is 3.73. The maximum Gasteiger partial charge on any atom is 0.119 e. The Bertz CT molecular complexity index is 451. The van der Waals surface area contributed by atoms with Gasteiger partial charge in [0.25, 0.3) is 0 Å². The smallest absolute Gasteiger partial charge is 0.119 e. The number of rotatable bonds is 9. The van der Waals surface area contributed by atoms with Crippen molar-refractivity contribution in [2.75, 3.05) is 39.4 Å². The predicted molar refractivity (Wildman–Crippen MR) is 93.3 cm³/mol. The Kier molecular flexibility index (Phi) is 6.17. The lowest BCUT2D eigenvalue weighted by Crippen LogP contribution is -2.44. The zero-order valence-corrected chi connectivity index (χ0v) is 14.3. The topological polar surface area (TPSA) is 33.7 Å². The molecule has 2 fully saturated rings. The molecule has 128 valence electrons. The zero-order valence-electron chi connectivity index (χ0n) is 14.3. The van der Waals surface area contributed by atoms with Crippen LogP contribution in [0.4, 0.5) is 0 Å². The molecule has 1 heterocycles. The van der Waals surface area contributed by atoms with Crippen molar-refractivity contribution in [3.05, 3.63) is 24.3 Å². The van der Waals surface area contributed by atoms with Crippen molar-refractivity contribution in [2.24, 2.45) is 5.92 Å². The monoisotopic (exact) mass is 318 g/mol. The third-order valence-electron chi connectivity index (χ3n) is 4.79. The van der Waals surface area contributed by atoms with E-state index in [1.165, 1.54) is 45.3 Å².